The Balaban J connectivity index is 2.19. The number of H-pyrrole nitrogens is 1. The van der Waals surface area contributed by atoms with Crippen LogP contribution in [0.25, 0.3) is 16.9 Å². The van der Waals surface area contributed by atoms with Crippen LogP contribution in [0, 0.1) is 20.8 Å². The molecule has 21 heavy (non-hydrogen) atoms. The smallest absolute Gasteiger partial charge is 0.250 e. The van der Waals surface area contributed by atoms with Crippen molar-refractivity contribution in [2.24, 2.45) is 0 Å². The standard InChI is InChI=1S/C17H17N3O/c1-11-5-4-6-14(9-11)17-12(2)20(13(3)19-17)15-7-8-18-16(21)10-15/h4-10H,1-3H3,(H,18,21). The van der Waals surface area contributed by atoms with Gasteiger partial charge in [-0.2, -0.15) is 0 Å². The molecule has 4 heteroatoms. The topological polar surface area (TPSA) is 50.7 Å². The van der Waals surface area contributed by atoms with Crippen molar-refractivity contribution in [2.45, 2.75) is 20.8 Å². The zero-order chi connectivity index (χ0) is 15.0. The number of aryl methyl sites for hydroxylation is 2. The largest absolute Gasteiger partial charge is 0.329 e. The van der Waals surface area contributed by atoms with E-state index in [0.29, 0.717) is 0 Å². The molecule has 0 aliphatic heterocycles. The van der Waals surface area contributed by atoms with Crippen molar-refractivity contribution in [2.75, 3.05) is 0 Å². The Hall–Kier alpha value is -2.62. The summed E-state index contributed by atoms with van der Waals surface area (Å²) in [6.07, 6.45) is 1.66. The maximum absolute atomic E-state index is 11.5. The van der Waals surface area contributed by atoms with Crippen LogP contribution in [0.5, 0.6) is 0 Å². The highest BCUT2D eigenvalue weighted by atomic mass is 16.1. The maximum Gasteiger partial charge on any atom is 0.250 e. The second-order valence-electron chi connectivity index (χ2n) is 5.21. The van der Waals surface area contributed by atoms with E-state index >= 15 is 0 Å². The Morgan fingerprint density at radius 1 is 1.10 bits per heavy atom. The molecule has 4 nitrogen and oxygen atoms in total. The number of nitrogens with zero attached hydrogens (tertiary/aromatic N) is 2. The third-order valence-electron chi connectivity index (χ3n) is 3.58. The molecule has 0 amide bonds. The highest BCUT2D eigenvalue weighted by molar-refractivity contribution is 5.64. The molecule has 2 heterocycles. The molecule has 1 N–H and O–H groups in total. The van der Waals surface area contributed by atoms with Gasteiger partial charge >= 0.3 is 0 Å². The SMILES string of the molecule is Cc1cccc(-c2nc(C)n(-c3cc[nH]c(=O)c3)c2C)c1. The van der Waals surface area contributed by atoms with Crippen LogP contribution in [0.2, 0.25) is 0 Å². The summed E-state index contributed by atoms with van der Waals surface area (Å²) in [7, 11) is 0. The molecule has 0 bridgehead atoms. The van der Waals surface area contributed by atoms with Crippen LogP contribution in [0.15, 0.2) is 47.4 Å². The van der Waals surface area contributed by atoms with Crippen molar-refractivity contribution in [1.29, 1.82) is 0 Å². The lowest BCUT2D eigenvalue weighted by atomic mass is 10.1. The number of pyridine rings is 1. The monoisotopic (exact) mass is 279 g/mol. The summed E-state index contributed by atoms with van der Waals surface area (Å²) in [5, 5.41) is 0. The van der Waals surface area contributed by atoms with Gasteiger partial charge in [0.1, 0.15) is 5.82 Å². The Kier molecular flexibility index (Phi) is 3.22. The van der Waals surface area contributed by atoms with E-state index in [4.69, 9.17) is 0 Å². The highest BCUT2D eigenvalue weighted by Crippen LogP contribution is 2.26. The molecule has 0 saturated heterocycles. The fourth-order valence-electron chi connectivity index (χ4n) is 2.66. The minimum atomic E-state index is -0.114. The van der Waals surface area contributed by atoms with Crippen molar-refractivity contribution in [3.8, 4) is 16.9 Å². The van der Waals surface area contributed by atoms with Crippen LogP contribution in [0.1, 0.15) is 17.1 Å². The zero-order valence-electron chi connectivity index (χ0n) is 12.3. The zero-order valence-corrected chi connectivity index (χ0v) is 12.3. The van der Waals surface area contributed by atoms with E-state index in [0.717, 1.165) is 28.5 Å². The summed E-state index contributed by atoms with van der Waals surface area (Å²) in [5.74, 6) is 0.870. The van der Waals surface area contributed by atoms with Crippen LogP contribution in [-0.4, -0.2) is 14.5 Å². The van der Waals surface area contributed by atoms with Crippen LogP contribution in [-0.2, 0) is 0 Å². The third kappa shape index (κ3) is 2.40. The molecular formula is C17H17N3O. The van der Waals surface area contributed by atoms with Gasteiger partial charge in [0.05, 0.1) is 11.4 Å². The van der Waals surface area contributed by atoms with E-state index in [1.807, 2.05) is 30.5 Å². The first-order valence-electron chi connectivity index (χ1n) is 6.88. The van der Waals surface area contributed by atoms with Gasteiger partial charge in [0, 0.05) is 23.5 Å². The molecule has 0 atom stereocenters. The Morgan fingerprint density at radius 2 is 1.90 bits per heavy atom. The Labute approximate surface area is 123 Å². The molecule has 0 spiro atoms. The summed E-state index contributed by atoms with van der Waals surface area (Å²) in [6.45, 7) is 6.05. The van der Waals surface area contributed by atoms with Gasteiger partial charge in [-0.05, 0) is 32.9 Å². The summed E-state index contributed by atoms with van der Waals surface area (Å²) in [6, 6.07) is 11.7. The van der Waals surface area contributed by atoms with Crippen LogP contribution in [0.3, 0.4) is 0 Å². The van der Waals surface area contributed by atoms with Crippen molar-refractivity contribution < 1.29 is 0 Å². The van der Waals surface area contributed by atoms with E-state index < -0.39 is 0 Å². The van der Waals surface area contributed by atoms with E-state index in [2.05, 4.69) is 35.1 Å². The van der Waals surface area contributed by atoms with Crippen molar-refractivity contribution in [3.05, 3.63) is 70.0 Å². The normalized spacial score (nSPS) is 10.8. The summed E-state index contributed by atoms with van der Waals surface area (Å²) >= 11 is 0. The van der Waals surface area contributed by atoms with E-state index in [9.17, 15) is 4.79 Å². The third-order valence-corrected chi connectivity index (χ3v) is 3.58. The first-order valence-corrected chi connectivity index (χ1v) is 6.88. The summed E-state index contributed by atoms with van der Waals surface area (Å²) < 4.78 is 2.01. The quantitative estimate of drug-likeness (QED) is 0.783. The van der Waals surface area contributed by atoms with Gasteiger partial charge < -0.3 is 9.55 Å². The van der Waals surface area contributed by atoms with Crippen molar-refractivity contribution in [3.63, 3.8) is 0 Å². The first kappa shape index (κ1) is 13.4. The second-order valence-corrected chi connectivity index (χ2v) is 5.21. The second kappa shape index (κ2) is 5.05. The van der Waals surface area contributed by atoms with Crippen LogP contribution < -0.4 is 5.56 Å². The predicted molar refractivity (Wildman–Crippen MR) is 83.8 cm³/mol. The molecule has 0 radical (unpaired) electrons. The lowest BCUT2D eigenvalue weighted by Gasteiger charge is -2.07. The molecule has 1 aromatic carbocycles. The lowest BCUT2D eigenvalue weighted by molar-refractivity contribution is 0.933. The molecular weight excluding hydrogens is 262 g/mol. The molecule has 0 saturated carbocycles. The van der Waals surface area contributed by atoms with Gasteiger partial charge in [-0.15, -0.1) is 0 Å². The minimum Gasteiger partial charge on any atom is -0.329 e. The number of benzene rings is 1. The number of rotatable bonds is 2. The fraction of sp³-hybridized carbons (Fsp3) is 0.176. The number of nitrogens with one attached hydrogen (secondary N) is 1. The number of imidazole rings is 1. The van der Waals surface area contributed by atoms with Crippen molar-refractivity contribution >= 4 is 0 Å². The van der Waals surface area contributed by atoms with Crippen LogP contribution in [0.4, 0.5) is 0 Å². The van der Waals surface area contributed by atoms with Crippen LogP contribution >= 0.6 is 0 Å². The van der Waals surface area contributed by atoms with E-state index in [1.54, 1.807) is 12.3 Å². The molecule has 0 aliphatic carbocycles. The lowest BCUT2D eigenvalue weighted by Crippen LogP contribution is -2.07. The highest BCUT2D eigenvalue weighted by Gasteiger charge is 2.14. The molecule has 0 aliphatic rings. The van der Waals surface area contributed by atoms with E-state index in [-0.39, 0.29) is 5.56 Å². The Bertz CT molecular complexity index is 858. The summed E-state index contributed by atoms with van der Waals surface area (Å²) in [5.41, 5.74) is 5.01. The minimum absolute atomic E-state index is 0.114. The summed E-state index contributed by atoms with van der Waals surface area (Å²) in [4.78, 5) is 18.8. The maximum atomic E-state index is 11.5. The molecule has 2 aromatic heterocycles. The van der Waals surface area contributed by atoms with Gasteiger partial charge in [0.15, 0.2) is 0 Å². The van der Waals surface area contributed by atoms with Gasteiger partial charge in [-0.25, -0.2) is 4.98 Å². The van der Waals surface area contributed by atoms with Gasteiger partial charge in [0.2, 0.25) is 5.56 Å². The van der Waals surface area contributed by atoms with Gasteiger partial charge in [-0.1, -0.05) is 23.8 Å². The predicted octanol–water partition coefficient (Wildman–Crippen LogP) is 3.15. The Morgan fingerprint density at radius 3 is 2.62 bits per heavy atom. The molecule has 3 rings (SSSR count). The van der Waals surface area contributed by atoms with Gasteiger partial charge in [-0.3, -0.25) is 4.79 Å². The number of hydrogen-bond donors (Lipinski definition) is 1. The molecule has 0 unspecified atom stereocenters. The number of aromatic nitrogens is 3. The first-order chi connectivity index (χ1) is 10.1. The average Bonchev–Trinajstić information content (AvgIpc) is 2.74. The molecule has 0 fully saturated rings. The van der Waals surface area contributed by atoms with Gasteiger partial charge in [0.25, 0.3) is 0 Å². The number of aromatic amines is 1. The van der Waals surface area contributed by atoms with E-state index in [1.165, 1.54) is 5.56 Å². The fourth-order valence-corrected chi connectivity index (χ4v) is 2.66. The number of hydrogen-bond acceptors (Lipinski definition) is 2. The molecule has 106 valence electrons. The molecule has 3 aromatic rings. The average molecular weight is 279 g/mol. The van der Waals surface area contributed by atoms with Crippen molar-refractivity contribution in [1.82, 2.24) is 14.5 Å².